The van der Waals surface area contributed by atoms with E-state index in [4.69, 9.17) is 11.5 Å². The maximum Gasteiger partial charge on any atom is 0.159 e. The number of hydrogen-bond donors (Lipinski definition) is 2. The van der Waals surface area contributed by atoms with E-state index in [0.717, 1.165) is 12.4 Å². The molecule has 0 radical (unpaired) electrons. The zero-order valence-corrected chi connectivity index (χ0v) is 14.8. The number of aryl methyl sites for hydroxylation is 1. The minimum Gasteiger partial charge on any atom is -0.338 e. The van der Waals surface area contributed by atoms with Gasteiger partial charge in [0.2, 0.25) is 0 Å². The number of nitrogens with two attached hydrogens (primary N) is 2. The minimum atomic E-state index is -0.706. The van der Waals surface area contributed by atoms with Crippen LogP contribution in [0.4, 0.5) is 16.0 Å². The lowest BCUT2D eigenvalue weighted by Gasteiger charge is -2.47. The van der Waals surface area contributed by atoms with Gasteiger partial charge in [-0.15, -0.1) is 0 Å². The highest BCUT2D eigenvalue weighted by atomic mass is 19.1. The summed E-state index contributed by atoms with van der Waals surface area (Å²) in [6, 6.07) is -0.408. The second-order valence-electron chi connectivity index (χ2n) is 6.27. The fraction of sp³-hybridized carbons (Fsp3) is 0.312. The molecule has 0 bridgehead atoms. The van der Waals surface area contributed by atoms with Crippen LogP contribution in [0.15, 0.2) is 37.3 Å². The maximum absolute atomic E-state index is 13.2. The molecule has 0 amide bonds. The summed E-state index contributed by atoms with van der Waals surface area (Å²) in [5.41, 5.74) is 13.5. The molecule has 4 rings (SSSR count). The molecular weight excluding hydrogens is 351 g/mol. The molecule has 1 aliphatic rings. The van der Waals surface area contributed by atoms with Crippen molar-refractivity contribution in [2.24, 2.45) is 18.5 Å². The predicted molar refractivity (Wildman–Crippen MR) is 95.5 cm³/mol. The third-order valence-corrected chi connectivity index (χ3v) is 4.49. The average Bonchev–Trinajstić information content (AvgIpc) is 3.08. The molecule has 27 heavy (non-hydrogen) atoms. The summed E-state index contributed by atoms with van der Waals surface area (Å²) in [7, 11) is 1.86. The second-order valence-corrected chi connectivity index (χ2v) is 6.27. The predicted octanol–water partition coefficient (Wildman–Crippen LogP) is 0.427. The lowest BCUT2D eigenvalue weighted by Crippen LogP contribution is -2.62. The van der Waals surface area contributed by atoms with E-state index in [1.54, 1.807) is 33.1 Å². The van der Waals surface area contributed by atoms with Crippen LogP contribution < -0.4 is 21.3 Å². The summed E-state index contributed by atoms with van der Waals surface area (Å²) >= 11 is 0. The van der Waals surface area contributed by atoms with E-state index in [-0.39, 0.29) is 0 Å². The summed E-state index contributed by atoms with van der Waals surface area (Å²) in [4.78, 5) is 24.9. The number of rotatable bonds is 3. The molecule has 10 nitrogen and oxygen atoms in total. The number of fused-ring (bicyclic) bond motifs is 1. The SMILES string of the molecule is C[C@@H](c1ncc(F)cn1)N1c2nccnc2C(N)N(c2cn(C)cn2)C1N. The summed E-state index contributed by atoms with van der Waals surface area (Å²) in [6.45, 7) is 1.86. The molecule has 0 aliphatic carbocycles. The Morgan fingerprint density at radius 3 is 2.44 bits per heavy atom. The molecule has 3 aromatic heterocycles. The fourth-order valence-electron chi connectivity index (χ4n) is 3.19. The normalized spacial score (nSPS) is 20.5. The standard InChI is InChI=1S/C16H19FN10/c1-9(14-22-5-10(17)6-23-14)26-15-12(20-3-4-21-15)13(18)27(16(26)19)11-7-25(2)8-24-11/h3-9,13,16H,18-19H2,1-2H3/t9-,13?,16?/m0/s1. The topological polar surface area (TPSA) is 128 Å². The number of anilines is 2. The Morgan fingerprint density at radius 2 is 1.78 bits per heavy atom. The third kappa shape index (κ3) is 2.86. The third-order valence-electron chi connectivity index (χ3n) is 4.49. The van der Waals surface area contributed by atoms with Crippen molar-refractivity contribution in [3.63, 3.8) is 0 Å². The monoisotopic (exact) mass is 370 g/mol. The van der Waals surface area contributed by atoms with Crippen molar-refractivity contribution in [3.05, 3.63) is 54.6 Å². The van der Waals surface area contributed by atoms with Gasteiger partial charge in [-0.1, -0.05) is 0 Å². The van der Waals surface area contributed by atoms with Gasteiger partial charge in [0.05, 0.1) is 24.8 Å². The van der Waals surface area contributed by atoms with Crippen LogP contribution in [-0.2, 0) is 7.05 Å². The van der Waals surface area contributed by atoms with Gasteiger partial charge in [0, 0.05) is 25.6 Å². The largest absolute Gasteiger partial charge is 0.338 e. The van der Waals surface area contributed by atoms with E-state index >= 15 is 0 Å². The van der Waals surface area contributed by atoms with E-state index in [0.29, 0.717) is 23.2 Å². The van der Waals surface area contributed by atoms with Crippen LogP contribution >= 0.6 is 0 Å². The van der Waals surface area contributed by atoms with Crippen molar-refractivity contribution in [1.29, 1.82) is 0 Å². The summed E-state index contributed by atoms with van der Waals surface area (Å²) in [5, 5.41) is 0. The van der Waals surface area contributed by atoms with Crippen LogP contribution in [0.2, 0.25) is 0 Å². The van der Waals surface area contributed by atoms with Gasteiger partial charge >= 0.3 is 0 Å². The number of nitrogens with zero attached hydrogens (tertiary/aromatic N) is 8. The van der Waals surface area contributed by atoms with Crippen LogP contribution in [0.5, 0.6) is 0 Å². The van der Waals surface area contributed by atoms with Gasteiger partial charge in [-0.3, -0.25) is 10.7 Å². The lowest BCUT2D eigenvalue weighted by atomic mass is 10.1. The van der Waals surface area contributed by atoms with Gasteiger partial charge in [-0.2, -0.15) is 0 Å². The van der Waals surface area contributed by atoms with Crippen LogP contribution in [0, 0.1) is 5.82 Å². The molecule has 2 unspecified atom stereocenters. The second kappa shape index (κ2) is 6.52. The van der Waals surface area contributed by atoms with Crippen LogP contribution in [0.25, 0.3) is 0 Å². The van der Waals surface area contributed by atoms with Gasteiger partial charge in [0.15, 0.2) is 29.6 Å². The Morgan fingerprint density at radius 1 is 1.07 bits per heavy atom. The first kappa shape index (κ1) is 17.2. The van der Waals surface area contributed by atoms with Crippen molar-refractivity contribution < 1.29 is 4.39 Å². The highest BCUT2D eigenvalue weighted by Gasteiger charge is 2.41. The first-order valence-electron chi connectivity index (χ1n) is 8.31. The van der Waals surface area contributed by atoms with Crippen LogP contribution in [0.1, 0.15) is 30.6 Å². The number of aromatic nitrogens is 6. The Kier molecular flexibility index (Phi) is 4.16. The van der Waals surface area contributed by atoms with Gasteiger partial charge in [0.1, 0.15) is 11.9 Å². The van der Waals surface area contributed by atoms with E-state index in [1.165, 1.54) is 0 Å². The Bertz CT molecular complexity index is 942. The van der Waals surface area contributed by atoms with E-state index in [2.05, 4.69) is 24.9 Å². The molecular formula is C16H19FN10. The summed E-state index contributed by atoms with van der Waals surface area (Å²) in [5.74, 6) is 1.03. The van der Waals surface area contributed by atoms with Crippen LogP contribution in [-0.4, -0.2) is 35.8 Å². The first-order valence-corrected chi connectivity index (χ1v) is 8.31. The molecule has 3 aromatic rings. The van der Waals surface area contributed by atoms with E-state index in [9.17, 15) is 4.39 Å². The van der Waals surface area contributed by atoms with E-state index in [1.807, 2.05) is 20.2 Å². The quantitative estimate of drug-likeness (QED) is 0.674. The fourth-order valence-corrected chi connectivity index (χ4v) is 3.19. The summed E-state index contributed by atoms with van der Waals surface area (Å²) in [6.07, 6.45) is 7.53. The lowest BCUT2D eigenvalue weighted by molar-refractivity contribution is 0.426. The number of hydrogen-bond acceptors (Lipinski definition) is 9. The zero-order chi connectivity index (χ0) is 19.1. The van der Waals surface area contributed by atoms with Gasteiger partial charge < -0.3 is 20.1 Å². The average molecular weight is 370 g/mol. The van der Waals surface area contributed by atoms with Gasteiger partial charge in [0.25, 0.3) is 0 Å². The van der Waals surface area contributed by atoms with E-state index < -0.39 is 24.3 Å². The molecule has 0 fully saturated rings. The van der Waals surface area contributed by atoms with Crippen LogP contribution in [0.3, 0.4) is 0 Å². The Balaban J connectivity index is 1.81. The molecule has 0 aromatic carbocycles. The van der Waals surface area contributed by atoms with Gasteiger partial charge in [-0.25, -0.2) is 24.3 Å². The van der Waals surface area contributed by atoms with Crippen molar-refractivity contribution in [2.45, 2.75) is 25.4 Å². The molecule has 0 saturated carbocycles. The Hall–Kier alpha value is -3.18. The van der Waals surface area contributed by atoms with Crippen molar-refractivity contribution in [2.75, 3.05) is 9.80 Å². The molecule has 0 spiro atoms. The van der Waals surface area contributed by atoms with Crippen molar-refractivity contribution in [1.82, 2.24) is 29.5 Å². The highest BCUT2D eigenvalue weighted by Crippen LogP contribution is 2.38. The molecule has 4 N–H and O–H groups in total. The van der Waals surface area contributed by atoms with Crippen molar-refractivity contribution in [3.8, 4) is 0 Å². The molecule has 11 heteroatoms. The number of halogens is 1. The molecule has 1 aliphatic heterocycles. The molecule has 0 saturated heterocycles. The van der Waals surface area contributed by atoms with Gasteiger partial charge in [-0.05, 0) is 6.92 Å². The minimum absolute atomic E-state index is 0.403. The molecule has 140 valence electrons. The Labute approximate surface area is 154 Å². The maximum atomic E-state index is 13.2. The summed E-state index contributed by atoms with van der Waals surface area (Å²) < 4.78 is 15.0. The molecule has 4 heterocycles. The molecule has 3 atom stereocenters. The zero-order valence-electron chi connectivity index (χ0n) is 14.8. The first-order chi connectivity index (χ1) is 13.0. The highest BCUT2D eigenvalue weighted by molar-refractivity contribution is 5.57. The number of imidazole rings is 1. The smallest absolute Gasteiger partial charge is 0.159 e. The van der Waals surface area contributed by atoms with Crippen molar-refractivity contribution >= 4 is 11.6 Å².